The second-order valence-electron chi connectivity index (χ2n) is 4.12. The second-order valence-corrected chi connectivity index (χ2v) is 7.39. The summed E-state index contributed by atoms with van der Waals surface area (Å²) in [5.74, 6) is -0.313. The highest BCUT2D eigenvalue weighted by molar-refractivity contribution is 9.11. The molecule has 0 saturated carbocycles. The summed E-state index contributed by atoms with van der Waals surface area (Å²) in [7, 11) is -3.78. The molecule has 0 fully saturated rings. The zero-order valence-corrected chi connectivity index (χ0v) is 14.5. The van der Waals surface area contributed by atoms with E-state index >= 15 is 0 Å². The van der Waals surface area contributed by atoms with Crippen LogP contribution >= 0.6 is 31.9 Å². The lowest BCUT2D eigenvalue weighted by Crippen LogP contribution is -2.14. The minimum atomic E-state index is -3.78. The number of primary sulfonamides is 1. The Bertz CT molecular complexity index is 807. The van der Waals surface area contributed by atoms with Crippen molar-refractivity contribution in [3.05, 3.63) is 57.0 Å². The Kier molecular flexibility index (Phi) is 4.82. The van der Waals surface area contributed by atoms with E-state index < -0.39 is 10.0 Å². The molecule has 2 aromatic carbocycles. The first kappa shape index (κ1) is 16.2. The summed E-state index contributed by atoms with van der Waals surface area (Å²) < 4.78 is 23.6. The van der Waals surface area contributed by atoms with Gasteiger partial charge in [-0.2, -0.15) is 0 Å². The molecular weight excluding hydrogens is 424 g/mol. The molecule has 21 heavy (non-hydrogen) atoms. The lowest BCUT2D eigenvalue weighted by molar-refractivity contribution is 0.102. The number of hydrogen-bond acceptors (Lipinski definition) is 3. The van der Waals surface area contributed by atoms with Gasteiger partial charge in [0.2, 0.25) is 10.0 Å². The Balaban J connectivity index is 2.29. The molecule has 0 atom stereocenters. The Labute approximate surface area is 138 Å². The van der Waals surface area contributed by atoms with E-state index in [9.17, 15) is 13.2 Å². The average molecular weight is 434 g/mol. The van der Waals surface area contributed by atoms with Crippen molar-refractivity contribution >= 4 is 53.5 Å². The monoisotopic (exact) mass is 432 g/mol. The van der Waals surface area contributed by atoms with Gasteiger partial charge in [0.25, 0.3) is 5.91 Å². The molecule has 0 spiro atoms. The Morgan fingerprint density at radius 1 is 1.05 bits per heavy atom. The Hall–Kier alpha value is -1.22. The van der Waals surface area contributed by atoms with Gasteiger partial charge in [-0.25, -0.2) is 13.6 Å². The van der Waals surface area contributed by atoms with E-state index in [4.69, 9.17) is 5.14 Å². The van der Waals surface area contributed by atoms with Gasteiger partial charge < -0.3 is 5.32 Å². The quantitative estimate of drug-likeness (QED) is 0.779. The smallest absolute Gasteiger partial charge is 0.256 e. The average Bonchev–Trinajstić information content (AvgIpc) is 2.40. The lowest BCUT2D eigenvalue weighted by atomic mass is 10.2. The molecule has 5 nitrogen and oxygen atoms in total. The number of carbonyl (C=O) groups is 1. The van der Waals surface area contributed by atoms with Gasteiger partial charge in [-0.1, -0.05) is 12.1 Å². The first-order chi connectivity index (χ1) is 9.79. The normalized spacial score (nSPS) is 11.2. The van der Waals surface area contributed by atoms with Crippen LogP contribution in [0.1, 0.15) is 10.4 Å². The molecule has 2 aromatic rings. The molecule has 0 aromatic heterocycles. The highest BCUT2D eigenvalue weighted by Crippen LogP contribution is 2.26. The van der Waals surface area contributed by atoms with Crippen molar-refractivity contribution in [3.8, 4) is 0 Å². The topological polar surface area (TPSA) is 89.3 Å². The molecule has 0 unspecified atom stereocenters. The number of carbonyl (C=O) groups excluding carboxylic acids is 1. The van der Waals surface area contributed by atoms with Crippen LogP contribution in [0.3, 0.4) is 0 Å². The van der Waals surface area contributed by atoms with Gasteiger partial charge in [0, 0.05) is 8.95 Å². The first-order valence-corrected chi connectivity index (χ1v) is 8.80. The van der Waals surface area contributed by atoms with E-state index in [2.05, 4.69) is 37.2 Å². The lowest BCUT2D eigenvalue weighted by Gasteiger charge is -2.09. The molecule has 0 heterocycles. The number of amides is 1. The molecule has 0 aliphatic rings. The SMILES string of the molecule is NS(=O)(=O)c1ccc(NC(=O)c2ccccc2Br)c(Br)c1. The van der Waals surface area contributed by atoms with E-state index in [1.54, 1.807) is 24.3 Å². The number of benzene rings is 2. The van der Waals surface area contributed by atoms with Crippen molar-refractivity contribution in [3.63, 3.8) is 0 Å². The summed E-state index contributed by atoms with van der Waals surface area (Å²) >= 11 is 6.51. The van der Waals surface area contributed by atoms with E-state index in [1.807, 2.05) is 0 Å². The van der Waals surface area contributed by atoms with Crippen LogP contribution in [0.25, 0.3) is 0 Å². The predicted molar refractivity (Wildman–Crippen MR) is 87.6 cm³/mol. The fourth-order valence-electron chi connectivity index (χ4n) is 1.61. The minimum absolute atomic E-state index is 0.0340. The predicted octanol–water partition coefficient (Wildman–Crippen LogP) is 3.11. The standard InChI is InChI=1S/C13H10Br2N2O3S/c14-10-4-2-1-3-9(10)13(18)17-12-6-5-8(7-11(12)15)21(16,19)20/h1-7H,(H,17,18)(H2,16,19,20). The molecule has 0 radical (unpaired) electrons. The number of halogens is 2. The zero-order valence-electron chi connectivity index (χ0n) is 10.5. The summed E-state index contributed by atoms with van der Waals surface area (Å²) in [6.07, 6.45) is 0. The third kappa shape index (κ3) is 3.91. The van der Waals surface area contributed by atoms with Crippen LogP contribution in [0.15, 0.2) is 56.3 Å². The number of rotatable bonds is 3. The maximum atomic E-state index is 12.2. The molecule has 1 amide bonds. The maximum absolute atomic E-state index is 12.2. The summed E-state index contributed by atoms with van der Waals surface area (Å²) in [5.41, 5.74) is 0.920. The van der Waals surface area contributed by atoms with Crippen LogP contribution in [-0.2, 0) is 10.0 Å². The molecule has 110 valence electrons. The fourth-order valence-corrected chi connectivity index (χ4v) is 3.24. The van der Waals surface area contributed by atoms with Gasteiger partial charge in [-0.3, -0.25) is 4.79 Å². The third-order valence-corrected chi connectivity index (χ3v) is 4.89. The van der Waals surface area contributed by atoms with Crippen molar-refractivity contribution in [2.45, 2.75) is 4.90 Å². The van der Waals surface area contributed by atoms with Gasteiger partial charge in [0.15, 0.2) is 0 Å². The zero-order chi connectivity index (χ0) is 15.6. The first-order valence-electron chi connectivity index (χ1n) is 5.67. The summed E-state index contributed by atoms with van der Waals surface area (Å²) in [6.45, 7) is 0. The van der Waals surface area contributed by atoms with E-state index in [1.165, 1.54) is 18.2 Å². The summed E-state index contributed by atoms with van der Waals surface area (Å²) in [4.78, 5) is 12.1. The number of anilines is 1. The van der Waals surface area contributed by atoms with Crippen LogP contribution in [0, 0.1) is 0 Å². The van der Waals surface area contributed by atoms with Crippen molar-refractivity contribution in [2.24, 2.45) is 5.14 Å². The maximum Gasteiger partial charge on any atom is 0.256 e. The van der Waals surface area contributed by atoms with Gasteiger partial charge in [0.1, 0.15) is 0 Å². The number of nitrogens with one attached hydrogen (secondary N) is 1. The highest BCUT2D eigenvalue weighted by atomic mass is 79.9. The van der Waals surface area contributed by atoms with Crippen LogP contribution in [-0.4, -0.2) is 14.3 Å². The van der Waals surface area contributed by atoms with E-state index in [0.29, 0.717) is 20.2 Å². The largest absolute Gasteiger partial charge is 0.321 e. The van der Waals surface area contributed by atoms with Crippen LogP contribution in [0.4, 0.5) is 5.69 Å². The molecule has 0 bridgehead atoms. The fraction of sp³-hybridized carbons (Fsp3) is 0. The molecule has 2 rings (SSSR count). The minimum Gasteiger partial charge on any atom is -0.321 e. The summed E-state index contributed by atoms with van der Waals surface area (Å²) in [6, 6.07) is 11.1. The summed E-state index contributed by atoms with van der Waals surface area (Å²) in [5, 5.41) is 7.74. The van der Waals surface area contributed by atoms with Gasteiger partial charge >= 0.3 is 0 Å². The van der Waals surface area contributed by atoms with Crippen molar-refractivity contribution in [1.29, 1.82) is 0 Å². The molecule has 0 aliphatic carbocycles. The molecule has 0 saturated heterocycles. The van der Waals surface area contributed by atoms with Crippen LogP contribution < -0.4 is 10.5 Å². The third-order valence-electron chi connectivity index (χ3n) is 2.64. The van der Waals surface area contributed by atoms with E-state index in [-0.39, 0.29) is 10.8 Å². The van der Waals surface area contributed by atoms with Crippen molar-refractivity contribution in [1.82, 2.24) is 0 Å². The Morgan fingerprint density at radius 2 is 1.71 bits per heavy atom. The number of nitrogens with two attached hydrogens (primary N) is 1. The number of hydrogen-bond donors (Lipinski definition) is 2. The highest BCUT2D eigenvalue weighted by Gasteiger charge is 2.14. The van der Waals surface area contributed by atoms with Crippen molar-refractivity contribution < 1.29 is 13.2 Å². The second kappa shape index (κ2) is 6.27. The van der Waals surface area contributed by atoms with Gasteiger partial charge in [-0.05, 0) is 62.2 Å². The Morgan fingerprint density at radius 3 is 2.29 bits per heavy atom. The van der Waals surface area contributed by atoms with Crippen LogP contribution in [0.2, 0.25) is 0 Å². The van der Waals surface area contributed by atoms with Crippen molar-refractivity contribution in [2.75, 3.05) is 5.32 Å². The molecule has 8 heteroatoms. The number of sulfonamides is 1. The molecular formula is C13H10Br2N2O3S. The van der Waals surface area contributed by atoms with Gasteiger partial charge in [0.05, 0.1) is 16.1 Å². The molecule has 0 aliphatic heterocycles. The van der Waals surface area contributed by atoms with Gasteiger partial charge in [-0.15, -0.1) is 0 Å². The molecule has 3 N–H and O–H groups in total. The van der Waals surface area contributed by atoms with E-state index in [0.717, 1.165) is 0 Å². The van der Waals surface area contributed by atoms with Crippen LogP contribution in [0.5, 0.6) is 0 Å².